The maximum Gasteiger partial charge on any atom is 0.155 e. The van der Waals surface area contributed by atoms with Gasteiger partial charge in [-0.05, 0) is 18.9 Å². The second-order valence-corrected chi connectivity index (χ2v) is 6.30. The highest BCUT2D eigenvalue weighted by atomic mass is 16.1. The molecule has 0 amide bonds. The van der Waals surface area contributed by atoms with E-state index in [0.29, 0.717) is 5.78 Å². The van der Waals surface area contributed by atoms with Gasteiger partial charge < -0.3 is 0 Å². The first kappa shape index (κ1) is 20.4. The van der Waals surface area contributed by atoms with E-state index in [1.165, 1.54) is 77.0 Å². The summed E-state index contributed by atoms with van der Waals surface area (Å²) in [5, 5.41) is 0. The fourth-order valence-electron chi connectivity index (χ4n) is 2.58. The highest BCUT2D eigenvalue weighted by molar-refractivity contribution is 5.89. The third-order valence-electron chi connectivity index (χ3n) is 4.05. The van der Waals surface area contributed by atoms with E-state index in [9.17, 15) is 4.79 Å². The van der Waals surface area contributed by atoms with Gasteiger partial charge in [0.1, 0.15) is 0 Å². The predicted molar refractivity (Wildman–Crippen MR) is 94.8 cm³/mol. The summed E-state index contributed by atoms with van der Waals surface area (Å²) >= 11 is 0. The summed E-state index contributed by atoms with van der Waals surface area (Å²) < 4.78 is 0. The molecule has 0 unspecified atom stereocenters. The summed E-state index contributed by atoms with van der Waals surface area (Å²) in [4.78, 5) is 11.6. The van der Waals surface area contributed by atoms with Crippen LogP contribution in [0.15, 0.2) is 12.2 Å². The van der Waals surface area contributed by atoms with Gasteiger partial charge in [0.05, 0.1) is 0 Å². The number of carbonyl (C=O) groups is 1. The van der Waals surface area contributed by atoms with Gasteiger partial charge >= 0.3 is 0 Å². The molecule has 0 atom stereocenters. The van der Waals surface area contributed by atoms with Crippen molar-refractivity contribution in [3.8, 4) is 0 Å². The summed E-state index contributed by atoms with van der Waals surface area (Å²) in [5.74, 6) is 0.321. The lowest BCUT2D eigenvalue weighted by atomic mass is 10.0. The van der Waals surface area contributed by atoms with Crippen molar-refractivity contribution in [1.29, 1.82) is 0 Å². The summed E-state index contributed by atoms with van der Waals surface area (Å²) in [5.41, 5.74) is 0. The molecule has 0 fully saturated rings. The molecular formula is C20H38O. The molecule has 0 saturated carbocycles. The van der Waals surface area contributed by atoms with Crippen molar-refractivity contribution in [2.45, 2.75) is 110 Å². The van der Waals surface area contributed by atoms with Gasteiger partial charge in [-0.1, -0.05) is 97.0 Å². The highest BCUT2D eigenvalue weighted by Crippen LogP contribution is 2.12. The van der Waals surface area contributed by atoms with Crippen LogP contribution in [-0.4, -0.2) is 5.78 Å². The van der Waals surface area contributed by atoms with Crippen molar-refractivity contribution in [2.75, 3.05) is 0 Å². The summed E-state index contributed by atoms with van der Waals surface area (Å²) in [6.45, 7) is 4.45. The van der Waals surface area contributed by atoms with E-state index in [1.807, 2.05) is 6.08 Å². The van der Waals surface area contributed by atoms with Crippen LogP contribution in [0.4, 0.5) is 0 Å². The Morgan fingerprint density at radius 2 is 1.14 bits per heavy atom. The van der Waals surface area contributed by atoms with Crippen LogP contribution in [0.5, 0.6) is 0 Å². The van der Waals surface area contributed by atoms with Gasteiger partial charge in [0.2, 0.25) is 0 Å². The quantitative estimate of drug-likeness (QED) is 0.221. The number of unbranched alkanes of at least 4 members (excludes halogenated alkanes) is 12. The highest BCUT2D eigenvalue weighted by Gasteiger charge is 1.97. The van der Waals surface area contributed by atoms with Crippen LogP contribution in [0.1, 0.15) is 110 Å². The molecule has 0 aromatic rings. The minimum Gasteiger partial charge on any atom is -0.295 e. The Hall–Kier alpha value is -0.590. The van der Waals surface area contributed by atoms with Crippen molar-refractivity contribution in [3.05, 3.63) is 12.2 Å². The summed E-state index contributed by atoms with van der Waals surface area (Å²) in [6, 6.07) is 0. The Balaban J connectivity index is 3.17. The molecule has 0 aromatic carbocycles. The number of carbonyl (C=O) groups excluding carboxylic acids is 1. The molecule has 0 rings (SSSR count). The normalized spacial score (nSPS) is 11.3. The number of hydrogen-bond donors (Lipinski definition) is 0. The van der Waals surface area contributed by atoms with Gasteiger partial charge in [-0.25, -0.2) is 0 Å². The van der Waals surface area contributed by atoms with Gasteiger partial charge in [-0.15, -0.1) is 0 Å². The van der Waals surface area contributed by atoms with E-state index in [2.05, 4.69) is 13.8 Å². The van der Waals surface area contributed by atoms with Gasteiger partial charge in [0.15, 0.2) is 5.78 Å². The molecule has 0 saturated heterocycles. The minimum absolute atomic E-state index is 0.321. The first-order chi connectivity index (χ1) is 10.3. The maximum absolute atomic E-state index is 11.6. The molecule has 21 heavy (non-hydrogen) atoms. The van der Waals surface area contributed by atoms with Crippen LogP contribution >= 0.6 is 0 Å². The molecule has 0 aliphatic rings. The number of allylic oxidation sites excluding steroid dienone is 2. The maximum atomic E-state index is 11.6. The van der Waals surface area contributed by atoms with Crippen LogP contribution in [0, 0.1) is 0 Å². The molecule has 0 bridgehead atoms. The number of rotatable bonds is 16. The van der Waals surface area contributed by atoms with Crippen LogP contribution in [0.25, 0.3) is 0 Å². The molecule has 0 N–H and O–H groups in total. The Bertz CT molecular complexity index is 242. The van der Waals surface area contributed by atoms with Gasteiger partial charge in [-0.3, -0.25) is 4.79 Å². The fraction of sp³-hybridized carbons (Fsp3) is 0.850. The Morgan fingerprint density at radius 3 is 1.67 bits per heavy atom. The SMILES string of the molecule is CCCCC=CC(=O)CCCCCCCCCCCCC. The Labute approximate surface area is 133 Å². The number of hydrogen-bond acceptors (Lipinski definition) is 1. The zero-order valence-electron chi connectivity index (χ0n) is 14.7. The zero-order valence-corrected chi connectivity index (χ0v) is 14.7. The molecule has 0 heterocycles. The van der Waals surface area contributed by atoms with E-state index < -0.39 is 0 Å². The second kappa shape index (κ2) is 17.5. The molecule has 1 nitrogen and oxygen atoms in total. The van der Waals surface area contributed by atoms with Crippen molar-refractivity contribution >= 4 is 5.78 Å². The van der Waals surface area contributed by atoms with E-state index in [0.717, 1.165) is 19.3 Å². The van der Waals surface area contributed by atoms with Crippen LogP contribution < -0.4 is 0 Å². The van der Waals surface area contributed by atoms with E-state index in [1.54, 1.807) is 6.08 Å². The van der Waals surface area contributed by atoms with Crippen molar-refractivity contribution in [3.63, 3.8) is 0 Å². The lowest BCUT2D eigenvalue weighted by Gasteiger charge is -2.02. The molecule has 0 radical (unpaired) electrons. The summed E-state index contributed by atoms with van der Waals surface area (Å²) in [6.07, 6.45) is 22.8. The first-order valence-corrected chi connectivity index (χ1v) is 9.50. The fourth-order valence-corrected chi connectivity index (χ4v) is 2.58. The Kier molecular flexibility index (Phi) is 17.0. The molecule has 0 spiro atoms. The van der Waals surface area contributed by atoms with E-state index in [-0.39, 0.29) is 0 Å². The number of ketones is 1. The smallest absolute Gasteiger partial charge is 0.155 e. The topological polar surface area (TPSA) is 17.1 Å². The monoisotopic (exact) mass is 294 g/mol. The van der Waals surface area contributed by atoms with Crippen LogP contribution in [0.2, 0.25) is 0 Å². The average Bonchev–Trinajstić information content (AvgIpc) is 2.49. The third kappa shape index (κ3) is 17.4. The third-order valence-corrected chi connectivity index (χ3v) is 4.05. The van der Waals surface area contributed by atoms with Crippen LogP contribution in [-0.2, 0) is 4.79 Å². The standard InChI is InChI=1S/C20H38O/c1-3-5-7-9-10-11-12-13-14-15-17-19-20(21)18-16-8-6-4-2/h16,18H,3-15,17,19H2,1-2H3. The van der Waals surface area contributed by atoms with Gasteiger partial charge in [-0.2, -0.15) is 0 Å². The second-order valence-electron chi connectivity index (χ2n) is 6.30. The lowest BCUT2D eigenvalue weighted by molar-refractivity contribution is -0.114. The lowest BCUT2D eigenvalue weighted by Crippen LogP contribution is -1.92. The molecule has 1 heteroatoms. The first-order valence-electron chi connectivity index (χ1n) is 9.50. The largest absolute Gasteiger partial charge is 0.295 e. The molecule has 0 aromatic heterocycles. The Morgan fingerprint density at radius 1 is 0.667 bits per heavy atom. The van der Waals surface area contributed by atoms with Gasteiger partial charge in [0.25, 0.3) is 0 Å². The molecule has 124 valence electrons. The predicted octanol–water partition coefficient (Wildman–Crippen LogP) is 7.00. The molecular weight excluding hydrogens is 256 g/mol. The average molecular weight is 295 g/mol. The molecule has 0 aliphatic carbocycles. The van der Waals surface area contributed by atoms with Crippen molar-refractivity contribution < 1.29 is 4.79 Å². The summed E-state index contributed by atoms with van der Waals surface area (Å²) in [7, 11) is 0. The zero-order chi connectivity index (χ0) is 15.6. The van der Waals surface area contributed by atoms with Gasteiger partial charge in [0, 0.05) is 6.42 Å². The van der Waals surface area contributed by atoms with Crippen molar-refractivity contribution in [2.24, 2.45) is 0 Å². The van der Waals surface area contributed by atoms with Crippen LogP contribution in [0.3, 0.4) is 0 Å². The van der Waals surface area contributed by atoms with E-state index >= 15 is 0 Å². The van der Waals surface area contributed by atoms with Crippen molar-refractivity contribution in [1.82, 2.24) is 0 Å². The van der Waals surface area contributed by atoms with E-state index in [4.69, 9.17) is 0 Å². The minimum atomic E-state index is 0.321. The molecule has 0 aliphatic heterocycles.